The van der Waals surface area contributed by atoms with E-state index < -0.39 is 6.10 Å². The highest BCUT2D eigenvalue weighted by atomic mass is 16.3. The summed E-state index contributed by atoms with van der Waals surface area (Å²) in [7, 11) is 0. The van der Waals surface area contributed by atoms with Gasteiger partial charge in [-0.1, -0.05) is 37.8 Å². The molecule has 1 unspecified atom stereocenters. The van der Waals surface area contributed by atoms with E-state index in [1.807, 2.05) is 6.08 Å². The molecule has 0 rings (SSSR count). The Morgan fingerprint density at radius 1 is 1.42 bits per heavy atom. The zero-order valence-electron chi connectivity index (χ0n) is 7.79. The van der Waals surface area contributed by atoms with Crippen LogP contribution in [-0.4, -0.2) is 11.2 Å². The number of hydrogen-bond donors (Lipinski definition) is 1. The zero-order chi connectivity index (χ0) is 9.23. The van der Waals surface area contributed by atoms with Crippen LogP contribution in [-0.2, 0) is 0 Å². The van der Waals surface area contributed by atoms with Crippen LogP contribution < -0.4 is 0 Å². The molecule has 0 aliphatic carbocycles. The summed E-state index contributed by atoms with van der Waals surface area (Å²) in [5.41, 5.74) is 0. The van der Waals surface area contributed by atoms with Gasteiger partial charge in [0.15, 0.2) is 0 Å². The van der Waals surface area contributed by atoms with E-state index in [1.54, 1.807) is 0 Å². The van der Waals surface area contributed by atoms with E-state index in [0.29, 0.717) is 6.42 Å². The molecule has 0 aromatic carbocycles. The number of terminal acetylenes is 1. The lowest BCUT2D eigenvalue weighted by Crippen LogP contribution is -1.98. The van der Waals surface area contributed by atoms with Crippen molar-refractivity contribution in [2.75, 3.05) is 0 Å². The Bertz CT molecular complexity index is 153. The van der Waals surface area contributed by atoms with Gasteiger partial charge in [0.1, 0.15) is 6.10 Å². The molecule has 0 aromatic rings. The molecule has 0 bridgehead atoms. The molecule has 0 saturated carbocycles. The molecule has 0 aliphatic heterocycles. The standard InChI is InChI=1S/C11H18O/c1-3-5-6-7-8-9-10-11(12)4-2/h2,8-9,11-12H,3,5-7,10H2,1H3/b9-8-/i2+1,4+1. The average Bonchev–Trinajstić information content (AvgIpc) is 2.10. The van der Waals surface area contributed by atoms with Crippen molar-refractivity contribution in [2.45, 2.75) is 45.1 Å². The van der Waals surface area contributed by atoms with Crippen molar-refractivity contribution in [1.82, 2.24) is 0 Å². The van der Waals surface area contributed by atoms with Crippen LogP contribution in [0.1, 0.15) is 39.0 Å². The fraction of sp³-hybridized carbons (Fsp3) is 0.636. The lowest BCUT2D eigenvalue weighted by Gasteiger charge is -1.96. The van der Waals surface area contributed by atoms with Crippen molar-refractivity contribution in [3.8, 4) is 12.3 Å². The number of hydrogen-bond acceptors (Lipinski definition) is 1. The Balaban J connectivity index is 3.21. The lowest BCUT2D eigenvalue weighted by atomic mass is 10.2. The Hall–Kier alpha value is -0.740. The third kappa shape index (κ3) is 7.37. The summed E-state index contributed by atoms with van der Waals surface area (Å²) in [5, 5.41) is 8.97. The van der Waals surface area contributed by atoms with Crippen molar-refractivity contribution in [2.24, 2.45) is 0 Å². The number of allylic oxidation sites excluding steroid dienone is 1. The first-order chi connectivity index (χ1) is 5.81. The normalized spacial score (nSPS) is 13.1. The van der Waals surface area contributed by atoms with E-state index in [2.05, 4.69) is 18.9 Å². The summed E-state index contributed by atoms with van der Waals surface area (Å²) in [6, 6.07) is 0. The van der Waals surface area contributed by atoms with Crippen LogP contribution in [0.15, 0.2) is 12.2 Å². The third-order valence-corrected chi connectivity index (χ3v) is 1.69. The first kappa shape index (κ1) is 11.3. The molecule has 0 saturated heterocycles. The predicted molar refractivity (Wildman–Crippen MR) is 52.7 cm³/mol. The first-order valence-electron chi connectivity index (χ1n) is 4.60. The van der Waals surface area contributed by atoms with Gasteiger partial charge in [-0.3, -0.25) is 0 Å². The fourth-order valence-electron chi connectivity index (χ4n) is 0.923. The summed E-state index contributed by atoms with van der Waals surface area (Å²) in [6.45, 7) is 2.19. The quantitative estimate of drug-likeness (QED) is 0.279. The first-order valence-corrected chi connectivity index (χ1v) is 4.60. The second kappa shape index (κ2) is 8.36. The highest BCUT2D eigenvalue weighted by Crippen LogP contribution is 2.00. The van der Waals surface area contributed by atoms with Crippen molar-refractivity contribution < 1.29 is 5.11 Å². The molecule has 0 spiro atoms. The van der Waals surface area contributed by atoms with Gasteiger partial charge in [-0.2, -0.15) is 0 Å². The van der Waals surface area contributed by atoms with Crippen molar-refractivity contribution in [1.29, 1.82) is 0 Å². The number of unbranched alkanes of at least 4 members (excludes halogenated alkanes) is 3. The van der Waals surface area contributed by atoms with Gasteiger partial charge in [-0.05, 0) is 12.8 Å². The lowest BCUT2D eigenvalue weighted by molar-refractivity contribution is 0.236. The number of rotatable bonds is 6. The van der Waals surface area contributed by atoms with Crippen LogP contribution in [0.5, 0.6) is 0 Å². The molecular weight excluding hydrogens is 150 g/mol. The average molecular weight is 168 g/mol. The monoisotopic (exact) mass is 168 g/mol. The van der Waals surface area contributed by atoms with Crippen molar-refractivity contribution in [3.63, 3.8) is 0 Å². The minimum absolute atomic E-state index is 0.586. The van der Waals surface area contributed by atoms with Crippen molar-refractivity contribution >= 4 is 0 Å². The minimum atomic E-state index is -0.604. The topological polar surface area (TPSA) is 20.2 Å². The van der Waals surface area contributed by atoms with Crippen LogP contribution in [0.2, 0.25) is 0 Å². The van der Waals surface area contributed by atoms with E-state index in [0.717, 1.165) is 6.42 Å². The molecule has 0 fully saturated rings. The van der Waals surface area contributed by atoms with E-state index in [1.165, 1.54) is 19.3 Å². The SMILES string of the molecule is CCCCC/C=C\CC(O)[13C]#[13CH]. The van der Waals surface area contributed by atoms with E-state index in [-0.39, 0.29) is 0 Å². The summed E-state index contributed by atoms with van der Waals surface area (Å²) in [4.78, 5) is 0. The van der Waals surface area contributed by atoms with Gasteiger partial charge in [0.25, 0.3) is 0 Å². The molecule has 0 heterocycles. The molecule has 0 amide bonds. The summed E-state index contributed by atoms with van der Waals surface area (Å²) >= 11 is 0. The van der Waals surface area contributed by atoms with Gasteiger partial charge in [-0.25, -0.2) is 0 Å². The Labute approximate surface area is 75.5 Å². The van der Waals surface area contributed by atoms with Gasteiger partial charge in [0, 0.05) is 6.42 Å². The highest BCUT2D eigenvalue weighted by Gasteiger charge is 1.91. The van der Waals surface area contributed by atoms with Crippen LogP contribution in [0.25, 0.3) is 0 Å². The molecule has 1 nitrogen and oxygen atoms in total. The molecule has 1 heteroatoms. The van der Waals surface area contributed by atoms with Crippen LogP contribution >= 0.6 is 0 Å². The molecule has 0 radical (unpaired) electrons. The molecule has 0 aromatic heterocycles. The molecule has 12 heavy (non-hydrogen) atoms. The van der Waals surface area contributed by atoms with E-state index >= 15 is 0 Å². The summed E-state index contributed by atoms with van der Waals surface area (Å²) in [6.07, 6.45) is 13.9. The van der Waals surface area contributed by atoms with Crippen LogP contribution in [0.4, 0.5) is 0 Å². The maximum atomic E-state index is 8.97. The molecule has 1 N–H and O–H groups in total. The van der Waals surface area contributed by atoms with Crippen molar-refractivity contribution in [3.05, 3.63) is 12.2 Å². The molecule has 1 atom stereocenters. The van der Waals surface area contributed by atoms with Crippen LogP contribution in [0.3, 0.4) is 0 Å². The molecule has 0 aliphatic rings. The third-order valence-electron chi connectivity index (χ3n) is 1.69. The van der Waals surface area contributed by atoms with E-state index in [4.69, 9.17) is 11.5 Å². The Kier molecular flexibility index (Phi) is 7.84. The summed E-state index contributed by atoms with van der Waals surface area (Å²) in [5.74, 6) is 2.27. The van der Waals surface area contributed by atoms with Gasteiger partial charge in [-0.15, -0.1) is 6.42 Å². The zero-order valence-corrected chi connectivity index (χ0v) is 7.79. The largest absolute Gasteiger partial charge is 0.380 e. The molecular formula is C11H18O. The minimum Gasteiger partial charge on any atom is -0.380 e. The summed E-state index contributed by atoms with van der Waals surface area (Å²) < 4.78 is 0. The Morgan fingerprint density at radius 3 is 2.75 bits per heavy atom. The second-order valence-electron chi connectivity index (χ2n) is 2.89. The number of aliphatic hydroxyl groups is 1. The van der Waals surface area contributed by atoms with Gasteiger partial charge in [0.2, 0.25) is 0 Å². The highest BCUT2D eigenvalue weighted by molar-refractivity contribution is 4.98. The van der Waals surface area contributed by atoms with Gasteiger partial charge in [0.05, 0.1) is 0 Å². The van der Waals surface area contributed by atoms with Gasteiger partial charge >= 0.3 is 0 Å². The predicted octanol–water partition coefficient (Wildman–Crippen LogP) is 2.51. The number of aliphatic hydroxyl groups excluding tert-OH is 1. The second-order valence-corrected chi connectivity index (χ2v) is 2.89. The molecule has 68 valence electrons. The van der Waals surface area contributed by atoms with Gasteiger partial charge < -0.3 is 5.11 Å². The van der Waals surface area contributed by atoms with E-state index in [9.17, 15) is 0 Å². The van der Waals surface area contributed by atoms with Crippen LogP contribution in [0, 0.1) is 12.3 Å². The maximum absolute atomic E-state index is 8.97. The maximum Gasteiger partial charge on any atom is 0.117 e. The fourth-order valence-corrected chi connectivity index (χ4v) is 0.923. The Morgan fingerprint density at radius 2 is 2.17 bits per heavy atom. The smallest absolute Gasteiger partial charge is 0.117 e.